The summed E-state index contributed by atoms with van der Waals surface area (Å²) >= 11 is 0. The zero-order valence-electron chi connectivity index (χ0n) is 29.5. The molecule has 4 fully saturated rings. The van der Waals surface area contributed by atoms with E-state index in [4.69, 9.17) is 14.2 Å². The Balaban J connectivity index is 1.44. The summed E-state index contributed by atoms with van der Waals surface area (Å²) in [5, 5.41) is 13.8. The third-order valence-electron chi connectivity index (χ3n) is 11.1. The van der Waals surface area contributed by atoms with Crippen LogP contribution in [-0.4, -0.2) is 126 Å². The van der Waals surface area contributed by atoms with E-state index in [0.29, 0.717) is 52.0 Å². The van der Waals surface area contributed by atoms with Crippen LogP contribution in [0.15, 0.2) is 55.6 Å². The van der Waals surface area contributed by atoms with Gasteiger partial charge in [0.25, 0.3) is 0 Å². The Morgan fingerprint density at radius 1 is 1.18 bits per heavy atom. The number of aliphatic hydroxyl groups excluding tert-OH is 1. The van der Waals surface area contributed by atoms with Gasteiger partial charge in [0.05, 0.1) is 49.8 Å². The smallest absolute Gasteiger partial charge is 0.306 e. The van der Waals surface area contributed by atoms with Gasteiger partial charge in [-0.15, -0.1) is 13.2 Å². The molecule has 50 heavy (non-hydrogen) atoms. The molecule has 4 saturated heterocycles. The highest BCUT2D eigenvalue weighted by molar-refractivity contribution is 5.99. The maximum atomic E-state index is 14.8. The lowest BCUT2D eigenvalue weighted by atomic mass is 9.70. The van der Waals surface area contributed by atoms with E-state index in [0.717, 1.165) is 18.7 Å². The first-order valence-corrected chi connectivity index (χ1v) is 18.1. The Morgan fingerprint density at radius 2 is 1.92 bits per heavy atom. The van der Waals surface area contributed by atoms with Gasteiger partial charge in [-0.2, -0.15) is 0 Å². The van der Waals surface area contributed by atoms with E-state index in [1.807, 2.05) is 44.2 Å². The van der Waals surface area contributed by atoms with Crippen molar-refractivity contribution in [3.05, 3.63) is 61.2 Å². The number of amides is 3. The summed E-state index contributed by atoms with van der Waals surface area (Å²) in [5.41, 5.74) is -0.472. The van der Waals surface area contributed by atoms with Crippen LogP contribution in [0, 0.1) is 17.8 Å². The van der Waals surface area contributed by atoms with Gasteiger partial charge in [-0.1, -0.05) is 62.8 Å². The summed E-state index contributed by atoms with van der Waals surface area (Å²) in [7, 11) is 0. The zero-order valence-corrected chi connectivity index (χ0v) is 29.5. The Hall–Kier alpha value is -3.58. The summed E-state index contributed by atoms with van der Waals surface area (Å²) in [6.07, 6.45) is 5.05. The van der Waals surface area contributed by atoms with Crippen LogP contribution in [0.2, 0.25) is 0 Å². The zero-order chi connectivity index (χ0) is 35.8. The second-order valence-corrected chi connectivity index (χ2v) is 13.9. The van der Waals surface area contributed by atoms with Crippen LogP contribution >= 0.6 is 0 Å². The number of likely N-dealkylation sites (tertiary alicyclic amines) is 1. The summed E-state index contributed by atoms with van der Waals surface area (Å²) in [6, 6.07) is 6.94. The van der Waals surface area contributed by atoms with Crippen LogP contribution in [0.5, 0.6) is 0 Å². The van der Waals surface area contributed by atoms with Gasteiger partial charge in [0.2, 0.25) is 17.7 Å². The van der Waals surface area contributed by atoms with Crippen LogP contribution < -0.4 is 5.32 Å². The van der Waals surface area contributed by atoms with Gasteiger partial charge < -0.3 is 34.4 Å². The molecule has 0 unspecified atom stereocenters. The van der Waals surface area contributed by atoms with Crippen molar-refractivity contribution in [1.82, 2.24) is 20.0 Å². The highest BCUT2D eigenvalue weighted by atomic mass is 16.5. The minimum atomic E-state index is -1.22. The third-order valence-corrected chi connectivity index (χ3v) is 11.1. The molecule has 12 heteroatoms. The monoisotopic (exact) mass is 694 g/mol. The molecule has 5 rings (SSSR count). The minimum absolute atomic E-state index is 0.0821. The van der Waals surface area contributed by atoms with Crippen LogP contribution in [-0.2, 0) is 33.4 Å². The minimum Gasteiger partial charge on any atom is -0.463 e. The molecular weight excluding hydrogens is 640 g/mol. The number of ether oxygens (including phenoxy) is 3. The quantitative estimate of drug-likeness (QED) is 0.175. The first kappa shape index (κ1) is 37.7. The Labute approximate surface area is 295 Å². The van der Waals surface area contributed by atoms with Gasteiger partial charge in [-0.3, -0.25) is 24.1 Å². The molecule has 2 bridgehead atoms. The fraction of sp³-hybridized carbons (Fsp3) is 0.632. The molecule has 1 aromatic rings. The number of morpholine rings is 1. The SMILES string of the molecule is C=CCCC(=O)OC[C@H](NC(=O)[C@@H]1[C@H]2C(=O)N([C@@H](CO)[C@@H](C)CC)[C@H](C(=O)N(CC=C)CCN3CCOCC3)[C@]23CC[C@H]1O3)c1ccccc1. The van der Waals surface area contributed by atoms with Crippen molar-refractivity contribution in [2.24, 2.45) is 17.8 Å². The topological polar surface area (TPSA) is 138 Å². The lowest BCUT2D eigenvalue weighted by Gasteiger charge is -2.41. The van der Waals surface area contributed by atoms with Crippen molar-refractivity contribution in [3.8, 4) is 0 Å². The van der Waals surface area contributed by atoms with E-state index in [-0.39, 0.29) is 43.9 Å². The summed E-state index contributed by atoms with van der Waals surface area (Å²) in [4.78, 5) is 61.8. The number of hydrogen-bond donors (Lipinski definition) is 2. The van der Waals surface area contributed by atoms with Crippen molar-refractivity contribution >= 4 is 23.7 Å². The molecule has 12 nitrogen and oxygen atoms in total. The first-order valence-electron chi connectivity index (χ1n) is 18.1. The van der Waals surface area contributed by atoms with Crippen molar-refractivity contribution in [2.45, 2.75) is 75.8 Å². The molecule has 0 aliphatic carbocycles. The molecular formula is C38H54N4O8. The normalized spacial score (nSPS) is 27.7. The van der Waals surface area contributed by atoms with Crippen LogP contribution in [0.4, 0.5) is 0 Å². The molecule has 2 N–H and O–H groups in total. The number of fused-ring (bicyclic) bond motifs is 1. The van der Waals surface area contributed by atoms with Crippen molar-refractivity contribution in [3.63, 3.8) is 0 Å². The van der Waals surface area contributed by atoms with Crippen molar-refractivity contribution < 1.29 is 38.5 Å². The van der Waals surface area contributed by atoms with E-state index in [2.05, 4.69) is 23.4 Å². The van der Waals surface area contributed by atoms with E-state index in [1.54, 1.807) is 22.0 Å². The van der Waals surface area contributed by atoms with E-state index >= 15 is 0 Å². The molecule has 4 aliphatic rings. The average Bonchev–Trinajstić information content (AvgIpc) is 3.79. The van der Waals surface area contributed by atoms with E-state index < -0.39 is 53.5 Å². The Bertz CT molecular complexity index is 1370. The summed E-state index contributed by atoms with van der Waals surface area (Å²) in [6.45, 7) is 15.3. The van der Waals surface area contributed by atoms with Crippen LogP contribution in [0.25, 0.3) is 0 Å². The number of nitrogens with zero attached hydrogens (tertiary/aromatic N) is 3. The number of allylic oxidation sites excluding steroid dienone is 1. The number of carbonyl (C=O) groups excluding carboxylic acids is 4. The lowest BCUT2D eigenvalue weighted by Crippen LogP contribution is -2.60. The van der Waals surface area contributed by atoms with Crippen molar-refractivity contribution in [2.75, 3.05) is 59.2 Å². The maximum Gasteiger partial charge on any atom is 0.306 e. The molecule has 0 saturated carbocycles. The van der Waals surface area contributed by atoms with Gasteiger partial charge in [0.15, 0.2) is 0 Å². The predicted molar refractivity (Wildman–Crippen MR) is 187 cm³/mol. The van der Waals surface area contributed by atoms with Crippen molar-refractivity contribution in [1.29, 1.82) is 0 Å². The largest absolute Gasteiger partial charge is 0.463 e. The molecule has 8 atom stereocenters. The molecule has 1 spiro atoms. The molecule has 4 aliphatic heterocycles. The molecule has 274 valence electrons. The van der Waals surface area contributed by atoms with Crippen LogP contribution in [0.1, 0.15) is 57.6 Å². The summed E-state index contributed by atoms with van der Waals surface area (Å²) in [5.74, 6) is -3.28. The molecule has 1 aromatic carbocycles. The second kappa shape index (κ2) is 17.1. The highest BCUT2D eigenvalue weighted by Gasteiger charge is 2.75. The number of nitrogens with one attached hydrogen (secondary N) is 1. The number of benzene rings is 1. The Kier molecular flexibility index (Phi) is 12.9. The van der Waals surface area contributed by atoms with Gasteiger partial charge >= 0.3 is 5.97 Å². The number of hydrogen-bond acceptors (Lipinski definition) is 9. The second-order valence-electron chi connectivity index (χ2n) is 13.9. The first-order chi connectivity index (χ1) is 24.2. The molecule has 0 radical (unpaired) electrons. The number of aliphatic hydroxyl groups is 1. The standard InChI is InChI=1S/C38H54N4O8/c1-5-8-14-31(44)49-25-28(27-12-10-9-11-13-27)39-35(45)32-30-15-16-38(50-30)33(32)36(46)42(29(24-43)26(4)7-3)34(38)37(47)41(17-6-2)19-18-40-20-22-48-23-21-40/h5-6,9-13,26,28-30,32-34,43H,1-2,7-8,14-25H2,3-4H3,(H,39,45)/t26-,28-,29-,30+,32-,33-,34+,38-/m0/s1. The fourth-order valence-electron chi connectivity index (χ4n) is 8.19. The van der Waals surface area contributed by atoms with Gasteiger partial charge in [-0.05, 0) is 30.7 Å². The number of carbonyl (C=O) groups is 4. The van der Waals surface area contributed by atoms with Crippen LogP contribution in [0.3, 0.4) is 0 Å². The third kappa shape index (κ3) is 7.68. The van der Waals surface area contributed by atoms with E-state index in [1.165, 1.54) is 0 Å². The average molecular weight is 695 g/mol. The van der Waals surface area contributed by atoms with Gasteiger partial charge in [0, 0.05) is 39.1 Å². The number of esters is 1. The number of rotatable bonds is 18. The Morgan fingerprint density at radius 3 is 2.58 bits per heavy atom. The molecule has 3 amide bonds. The van der Waals surface area contributed by atoms with Gasteiger partial charge in [0.1, 0.15) is 18.2 Å². The summed E-state index contributed by atoms with van der Waals surface area (Å²) < 4.78 is 17.8. The highest BCUT2D eigenvalue weighted by Crippen LogP contribution is 2.59. The van der Waals surface area contributed by atoms with Gasteiger partial charge in [-0.25, -0.2) is 0 Å². The lowest BCUT2D eigenvalue weighted by molar-refractivity contribution is -0.152. The molecule has 4 heterocycles. The van der Waals surface area contributed by atoms with E-state index in [9.17, 15) is 24.3 Å². The molecule has 0 aromatic heterocycles. The maximum absolute atomic E-state index is 14.8. The predicted octanol–water partition coefficient (Wildman–Crippen LogP) is 2.48. The fourth-order valence-corrected chi connectivity index (χ4v) is 8.19.